The number of carbonyl (C=O) groups excluding carboxylic acids is 1. The summed E-state index contributed by atoms with van der Waals surface area (Å²) in [4.78, 5) is 17.0. The van der Waals surface area contributed by atoms with Gasteiger partial charge in [-0.2, -0.15) is 0 Å². The third-order valence-corrected chi connectivity index (χ3v) is 3.78. The first kappa shape index (κ1) is 18.1. The minimum atomic E-state index is -1.02. The van der Waals surface area contributed by atoms with Gasteiger partial charge in [0.25, 0.3) is 0 Å². The number of hydrogen-bond donors (Lipinski definition) is 1. The van der Waals surface area contributed by atoms with Gasteiger partial charge in [0.2, 0.25) is 5.88 Å². The van der Waals surface area contributed by atoms with Crippen LogP contribution in [0.15, 0.2) is 18.2 Å². The summed E-state index contributed by atoms with van der Waals surface area (Å²) in [6.45, 7) is 0. The first-order chi connectivity index (χ1) is 11.2. The Hall–Kier alpha value is -2.25. The van der Waals surface area contributed by atoms with E-state index < -0.39 is 12.0 Å². The second-order valence-corrected chi connectivity index (χ2v) is 5.74. The maximum absolute atomic E-state index is 14.3. The lowest BCUT2D eigenvalue weighted by molar-refractivity contribution is 0.120. The Kier molecular flexibility index (Phi) is 5.36. The molecule has 0 fully saturated rings. The molecule has 0 unspecified atom stereocenters. The zero-order chi connectivity index (χ0) is 18.0. The maximum Gasteiger partial charge on any atom is 0.514 e. The van der Waals surface area contributed by atoms with Crippen LogP contribution in [0.4, 0.5) is 20.6 Å². The number of aromatic nitrogens is 1. The van der Waals surface area contributed by atoms with Crippen molar-refractivity contribution >= 4 is 40.7 Å². The van der Waals surface area contributed by atoms with E-state index in [0.717, 1.165) is 7.11 Å². The highest BCUT2D eigenvalue weighted by atomic mass is 35.5. The minimum absolute atomic E-state index is 0.0707. The zero-order valence-electron chi connectivity index (χ0n) is 13.1. The number of nitrogens with two attached hydrogens (primary N) is 1. The summed E-state index contributed by atoms with van der Waals surface area (Å²) in [5.74, 6) is -0.886. The first-order valence-corrected chi connectivity index (χ1v) is 7.38. The van der Waals surface area contributed by atoms with Crippen molar-refractivity contribution in [1.82, 2.24) is 4.98 Å². The van der Waals surface area contributed by atoms with Gasteiger partial charge in [-0.05, 0) is 18.2 Å². The molecule has 6 nitrogen and oxygen atoms in total. The van der Waals surface area contributed by atoms with E-state index in [-0.39, 0.29) is 32.9 Å². The molecule has 0 spiro atoms. The van der Waals surface area contributed by atoms with Gasteiger partial charge in [-0.3, -0.25) is 0 Å². The number of methoxy groups -OCH3 is 1. The van der Waals surface area contributed by atoms with E-state index in [1.807, 2.05) is 0 Å². The van der Waals surface area contributed by atoms with Crippen LogP contribution in [0.2, 0.25) is 10.0 Å². The zero-order valence-corrected chi connectivity index (χ0v) is 14.6. The van der Waals surface area contributed by atoms with E-state index in [4.69, 9.17) is 33.7 Å². The van der Waals surface area contributed by atoms with E-state index in [2.05, 4.69) is 9.72 Å². The van der Waals surface area contributed by atoms with E-state index in [0.29, 0.717) is 5.69 Å². The number of pyridine rings is 1. The number of hydrogen-bond acceptors (Lipinski definition) is 6. The number of nitrogens with zero attached hydrogens (tertiary/aromatic N) is 2. The molecule has 2 aromatic rings. The average Bonchev–Trinajstić information content (AvgIpc) is 2.51. The van der Waals surface area contributed by atoms with Crippen LogP contribution >= 0.6 is 23.2 Å². The lowest BCUT2D eigenvalue weighted by Gasteiger charge is -2.17. The molecular weight excluding hydrogens is 360 g/mol. The molecular formula is C15H14Cl2FN3O3. The molecule has 0 amide bonds. The van der Waals surface area contributed by atoms with Gasteiger partial charge in [-0.15, -0.1) is 0 Å². The van der Waals surface area contributed by atoms with E-state index in [9.17, 15) is 9.18 Å². The molecule has 0 aliphatic rings. The summed E-state index contributed by atoms with van der Waals surface area (Å²) in [6.07, 6.45) is -1.02. The summed E-state index contributed by atoms with van der Waals surface area (Å²) in [6, 6.07) is 4.05. The minimum Gasteiger partial charge on any atom is -0.437 e. The highest BCUT2D eigenvalue weighted by molar-refractivity contribution is 6.34. The van der Waals surface area contributed by atoms with Crippen molar-refractivity contribution in [1.29, 1.82) is 0 Å². The van der Waals surface area contributed by atoms with Crippen molar-refractivity contribution in [2.45, 2.75) is 0 Å². The topological polar surface area (TPSA) is 77.7 Å². The second-order valence-electron chi connectivity index (χ2n) is 4.95. The van der Waals surface area contributed by atoms with Gasteiger partial charge in [0.05, 0.1) is 29.2 Å². The Balaban J connectivity index is 2.60. The number of carbonyl (C=O) groups is 1. The Morgan fingerprint density at radius 3 is 2.54 bits per heavy atom. The molecule has 0 bridgehead atoms. The van der Waals surface area contributed by atoms with Crippen molar-refractivity contribution in [3.8, 4) is 17.1 Å². The summed E-state index contributed by atoms with van der Waals surface area (Å²) >= 11 is 12.0. The Morgan fingerprint density at radius 1 is 1.29 bits per heavy atom. The highest BCUT2D eigenvalue weighted by Crippen LogP contribution is 2.37. The SMILES string of the molecule is COC(=O)Oc1nc(-c2cc(N(C)C)c(Cl)cc2F)cc(N)c1Cl. The van der Waals surface area contributed by atoms with Crippen molar-refractivity contribution in [3.05, 3.63) is 34.1 Å². The van der Waals surface area contributed by atoms with Gasteiger partial charge >= 0.3 is 6.16 Å². The highest BCUT2D eigenvalue weighted by Gasteiger charge is 2.18. The summed E-state index contributed by atoms with van der Waals surface area (Å²) < 4.78 is 23.5. The van der Waals surface area contributed by atoms with Gasteiger partial charge in [0.1, 0.15) is 10.8 Å². The van der Waals surface area contributed by atoms with Gasteiger partial charge in [0.15, 0.2) is 0 Å². The van der Waals surface area contributed by atoms with Crippen molar-refractivity contribution in [2.24, 2.45) is 0 Å². The van der Waals surface area contributed by atoms with Gasteiger partial charge < -0.3 is 20.1 Å². The Bertz CT molecular complexity index is 800. The molecule has 0 aliphatic heterocycles. The second kappa shape index (κ2) is 7.11. The monoisotopic (exact) mass is 373 g/mol. The Morgan fingerprint density at radius 2 is 1.96 bits per heavy atom. The van der Waals surface area contributed by atoms with Crippen LogP contribution in [-0.2, 0) is 4.74 Å². The molecule has 0 saturated heterocycles. The maximum atomic E-state index is 14.3. The number of benzene rings is 1. The van der Waals surface area contributed by atoms with Crippen LogP contribution in [-0.4, -0.2) is 32.3 Å². The fourth-order valence-corrected chi connectivity index (χ4v) is 2.38. The fourth-order valence-electron chi connectivity index (χ4n) is 1.93. The van der Waals surface area contributed by atoms with Crippen LogP contribution in [0.1, 0.15) is 0 Å². The quantitative estimate of drug-likeness (QED) is 0.819. The van der Waals surface area contributed by atoms with Gasteiger partial charge in [-0.1, -0.05) is 23.2 Å². The third kappa shape index (κ3) is 3.63. The molecule has 0 atom stereocenters. The Labute approximate surface area is 147 Å². The molecule has 2 rings (SSSR count). The van der Waals surface area contributed by atoms with Gasteiger partial charge in [-0.25, -0.2) is 14.2 Å². The van der Waals surface area contributed by atoms with Gasteiger partial charge in [0, 0.05) is 19.7 Å². The molecule has 0 aliphatic carbocycles. The number of nitrogen functional groups attached to an aromatic ring is 1. The predicted molar refractivity (Wildman–Crippen MR) is 91.4 cm³/mol. The van der Waals surface area contributed by atoms with Crippen LogP contribution in [0.5, 0.6) is 5.88 Å². The molecule has 24 heavy (non-hydrogen) atoms. The lowest BCUT2D eigenvalue weighted by Crippen LogP contribution is -2.11. The predicted octanol–water partition coefficient (Wildman–Crippen LogP) is 3.99. The van der Waals surface area contributed by atoms with Crippen LogP contribution in [0, 0.1) is 5.82 Å². The van der Waals surface area contributed by atoms with E-state index in [1.54, 1.807) is 19.0 Å². The van der Waals surface area contributed by atoms with Crippen molar-refractivity contribution in [3.63, 3.8) is 0 Å². The number of anilines is 2. The van der Waals surface area contributed by atoms with E-state index >= 15 is 0 Å². The molecule has 128 valence electrons. The van der Waals surface area contributed by atoms with E-state index in [1.165, 1.54) is 18.2 Å². The lowest BCUT2D eigenvalue weighted by atomic mass is 10.1. The summed E-state index contributed by atoms with van der Waals surface area (Å²) in [5.41, 5.74) is 6.70. The molecule has 0 saturated carbocycles. The fraction of sp³-hybridized carbons (Fsp3) is 0.200. The molecule has 0 radical (unpaired) electrons. The number of rotatable bonds is 3. The normalized spacial score (nSPS) is 10.4. The molecule has 1 aromatic carbocycles. The number of halogens is 3. The largest absolute Gasteiger partial charge is 0.514 e. The smallest absolute Gasteiger partial charge is 0.437 e. The molecule has 1 heterocycles. The first-order valence-electron chi connectivity index (χ1n) is 6.63. The van der Waals surface area contributed by atoms with Crippen LogP contribution in [0.3, 0.4) is 0 Å². The third-order valence-electron chi connectivity index (χ3n) is 3.10. The van der Waals surface area contributed by atoms with Crippen LogP contribution < -0.4 is 15.4 Å². The standard InChI is InChI=1S/C15H14Cl2FN3O3/c1-21(2)12-4-7(9(18)5-8(12)16)11-6-10(19)13(17)14(20-11)24-15(22)23-3/h4-6H,1-3H3,(H2,19,20). The van der Waals surface area contributed by atoms with Crippen molar-refractivity contribution in [2.75, 3.05) is 31.8 Å². The average molecular weight is 374 g/mol. The van der Waals surface area contributed by atoms with Crippen LogP contribution in [0.25, 0.3) is 11.3 Å². The molecule has 1 aromatic heterocycles. The molecule has 2 N–H and O–H groups in total. The molecule has 9 heteroatoms. The van der Waals surface area contributed by atoms with Crippen molar-refractivity contribution < 1.29 is 18.7 Å². The number of ether oxygens (including phenoxy) is 2. The summed E-state index contributed by atoms with van der Waals surface area (Å²) in [7, 11) is 4.66. The summed E-state index contributed by atoms with van der Waals surface area (Å²) in [5, 5.41) is 0.167.